The number of hydrogen-bond donors (Lipinski definition) is 0. The lowest BCUT2D eigenvalue weighted by molar-refractivity contribution is -0.108. The Morgan fingerprint density at radius 3 is 2.50 bits per heavy atom. The van der Waals surface area contributed by atoms with Crippen molar-refractivity contribution in [2.75, 3.05) is 14.2 Å². The zero-order valence-electron chi connectivity index (χ0n) is 9.81. The van der Waals surface area contributed by atoms with Crippen molar-refractivity contribution in [3.05, 3.63) is 40.9 Å². The van der Waals surface area contributed by atoms with Crippen molar-refractivity contribution in [3.8, 4) is 10.6 Å². The van der Waals surface area contributed by atoms with E-state index in [-0.39, 0.29) is 0 Å². The molecule has 0 saturated heterocycles. The molecule has 0 radical (unpaired) electrons. The molecule has 1 heterocycles. The highest BCUT2D eigenvalue weighted by atomic mass is 32.1. The largest absolute Gasteiger partial charge is 0.350 e. The van der Waals surface area contributed by atoms with Crippen LogP contribution in [0.3, 0.4) is 0 Å². The first-order chi connectivity index (χ1) is 8.65. The van der Waals surface area contributed by atoms with Crippen LogP contribution in [-0.2, 0) is 9.47 Å². The molecule has 0 N–H and O–H groups in total. The van der Waals surface area contributed by atoms with Gasteiger partial charge in [0.15, 0.2) is 11.6 Å². The highest BCUT2D eigenvalue weighted by Gasteiger charge is 2.14. The van der Waals surface area contributed by atoms with Crippen molar-refractivity contribution < 1.29 is 18.3 Å². The first-order valence-electron chi connectivity index (χ1n) is 5.12. The minimum absolute atomic E-state index is 0.524. The van der Waals surface area contributed by atoms with Gasteiger partial charge in [-0.3, -0.25) is 0 Å². The van der Waals surface area contributed by atoms with E-state index in [9.17, 15) is 8.78 Å². The van der Waals surface area contributed by atoms with Gasteiger partial charge in [-0.2, -0.15) is 0 Å². The fourth-order valence-electron chi connectivity index (χ4n) is 1.49. The molecule has 2 aromatic rings. The number of nitrogens with zero attached hydrogens (tertiary/aromatic N) is 1. The lowest BCUT2D eigenvalue weighted by atomic mass is 10.2. The average molecular weight is 271 g/mol. The number of halogens is 2. The number of benzene rings is 1. The molecule has 96 valence electrons. The first kappa shape index (κ1) is 13.1. The predicted molar refractivity (Wildman–Crippen MR) is 64.2 cm³/mol. The highest BCUT2D eigenvalue weighted by molar-refractivity contribution is 7.13. The third-order valence-corrected chi connectivity index (χ3v) is 3.27. The summed E-state index contributed by atoms with van der Waals surface area (Å²) in [5.74, 6) is -1.76. The molecule has 0 unspecified atom stereocenters. The van der Waals surface area contributed by atoms with E-state index in [1.807, 2.05) is 0 Å². The first-order valence-corrected chi connectivity index (χ1v) is 6.00. The maximum absolute atomic E-state index is 13.1. The van der Waals surface area contributed by atoms with E-state index in [0.29, 0.717) is 16.3 Å². The van der Waals surface area contributed by atoms with E-state index >= 15 is 0 Å². The molecule has 1 aromatic heterocycles. The average Bonchev–Trinajstić information content (AvgIpc) is 2.84. The molecule has 2 rings (SSSR count). The van der Waals surface area contributed by atoms with Gasteiger partial charge < -0.3 is 9.47 Å². The summed E-state index contributed by atoms with van der Waals surface area (Å²) in [5, 5.41) is 2.34. The topological polar surface area (TPSA) is 31.4 Å². The fraction of sp³-hybridized carbons (Fsp3) is 0.250. The molecule has 0 spiro atoms. The molecule has 0 amide bonds. The third kappa shape index (κ3) is 2.55. The summed E-state index contributed by atoms with van der Waals surface area (Å²) in [7, 11) is 3.01. The van der Waals surface area contributed by atoms with Gasteiger partial charge in [-0.1, -0.05) is 0 Å². The summed E-state index contributed by atoms with van der Waals surface area (Å²) in [6, 6.07) is 3.68. The Kier molecular flexibility index (Phi) is 4.00. The summed E-state index contributed by atoms with van der Waals surface area (Å²) >= 11 is 1.32. The smallest absolute Gasteiger partial charge is 0.201 e. The van der Waals surface area contributed by atoms with Crippen LogP contribution in [0.4, 0.5) is 8.78 Å². The fourth-order valence-corrected chi connectivity index (χ4v) is 2.31. The zero-order chi connectivity index (χ0) is 13.1. The Morgan fingerprint density at radius 1 is 1.17 bits per heavy atom. The van der Waals surface area contributed by atoms with Gasteiger partial charge in [-0.15, -0.1) is 11.3 Å². The van der Waals surface area contributed by atoms with Gasteiger partial charge in [0.05, 0.1) is 0 Å². The van der Waals surface area contributed by atoms with Crippen LogP contribution in [-0.4, -0.2) is 19.2 Å². The number of aromatic nitrogens is 1. The van der Waals surface area contributed by atoms with E-state index < -0.39 is 17.9 Å². The molecule has 3 nitrogen and oxygen atoms in total. The number of methoxy groups -OCH3 is 2. The molecule has 18 heavy (non-hydrogen) atoms. The number of hydrogen-bond acceptors (Lipinski definition) is 4. The van der Waals surface area contributed by atoms with E-state index in [1.165, 1.54) is 31.6 Å². The number of rotatable bonds is 4. The van der Waals surface area contributed by atoms with Crippen molar-refractivity contribution in [1.82, 2.24) is 4.98 Å². The normalized spacial score (nSPS) is 11.2. The highest BCUT2D eigenvalue weighted by Crippen LogP contribution is 2.28. The molecule has 0 aliphatic heterocycles. The van der Waals surface area contributed by atoms with Crippen LogP contribution in [0.1, 0.15) is 12.0 Å². The molecular weight excluding hydrogens is 260 g/mol. The molecule has 0 bridgehead atoms. The molecule has 0 aliphatic rings. The van der Waals surface area contributed by atoms with Gasteiger partial charge in [0.25, 0.3) is 0 Å². The van der Waals surface area contributed by atoms with Crippen LogP contribution in [0.25, 0.3) is 10.6 Å². The quantitative estimate of drug-likeness (QED) is 0.799. The Hall–Kier alpha value is -1.37. The maximum atomic E-state index is 13.1. The molecule has 1 aromatic carbocycles. The second-order valence-electron chi connectivity index (χ2n) is 3.51. The van der Waals surface area contributed by atoms with Crippen LogP contribution in [0.2, 0.25) is 0 Å². The molecular formula is C12H11F2NO2S. The van der Waals surface area contributed by atoms with E-state index in [1.54, 1.807) is 5.38 Å². The van der Waals surface area contributed by atoms with Crippen LogP contribution >= 0.6 is 11.3 Å². The standard InChI is InChI=1S/C12H11F2NO2S/c1-16-12(17-2)10-6-18-11(15-10)7-3-4-8(13)9(14)5-7/h3-6,12H,1-2H3. The van der Waals surface area contributed by atoms with E-state index in [2.05, 4.69) is 4.98 Å². The van der Waals surface area contributed by atoms with E-state index in [4.69, 9.17) is 9.47 Å². The van der Waals surface area contributed by atoms with Crippen LogP contribution in [0, 0.1) is 11.6 Å². The lowest BCUT2D eigenvalue weighted by Crippen LogP contribution is -2.03. The Morgan fingerprint density at radius 2 is 1.89 bits per heavy atom. The predicted octanol–water partition coefficient (Wildman–Crippen LogP) is 3.38. The van der Waals surface area contributed by atoms with Gasteiger partial charge in [0.2, 0.25) is 6.29 Å². The van der Waals surface area contributed by atoms with Crippen molar-refractivity contribution in [2.45, 2.75) is 6.29 Å². The van der Waals surface area contributed by atoms with Crippen molar-refractivity contribution in [2.24, 2.45) is 0 Å². The summed E-state index contributed by atoms with van der Waals surface area (Å²) in [5.41, 5.74) is 1.13. The van der Waals surface area contributed by atoms with Crippen LogP contribution in [0.15, 0.2) is 23.6 Å². The minimum atomic E-state index is -0.890. The summed E-state index contributed by atoms with van der Waals surface area (Å²) in [6.07, 6.45) is -0.555. The lowest BCUT2D eigenvalue weighted by Gasteiger charge is -2.09. The van der Waals surface area contributed by atoms with Gasteiger partial charge in [-0.05, 0) is 18.2 Å². The summed E-state index contributed by atoms with van der Waals surface area (Å²) < 4.78 is 36.1. The third-order valence-electron chi connectivity index (χ3n) is 2.36. The summed E-state index contributed by atoms with van der Waals surface area (Å²) in [6.45, 7) is 0. The van der Waals surface area contributed by atoms with Crippen LogP contribution in [0.5, 0.6) is 0 Å². The van der Waals surface area contributed by atoms with Crippen LogP contribution < -0.4 is 0 Å². The molecule has 6 heteroatoms. The molecule has 0 saturated carbocycles. The van der Waals surface area contributed by atoms with Crippen molar-refractivity contribution in [1.29, 1.82) is 0 Å². The second-order valence-corrected chi connectivity index (χ2v) is 4.37. The van der Waals surface area contributed by atoms with Gasteiger partial charge in [-0.25, -0.2) is 13.8 Å². The van der Waals surface area contributed by atoms with Gasteiger partial charge >= 0.3 is 0 Å². The monoisotopic (exact) mass is 271 g/mol. The van der Waals surface area contributed by atoms with Gasteiger partial charge in [0.1, 0.15) is 10.7 Å². The Balaban J connectivity index is 2.31. The Bertz CT molecular complexity index is 541. The van der Waals surface area contributed by atoms with E-state index in [0.717, 1.165) is 12.1 Å². The molecule has 0 atom stereocenters. The minimum Gasteiger partial charge on any atom is -0.350 e. The zero-order valence-corrected chi connectivity index (χ0v) is 10.6. The number of ether oxygens (including phenoxy) is 2. The number of thiazole rings is 1. The van der Waals surface area contributed by atoms with Crippen molar-refractivity contribution in [3.63, 3.8) is 0 Å². The SMILES string of the molecule is COC(OC)c1csc(-c2ccc(F)c(F)c2)n1. The summed E-state index contributed by atoms with van der Waals surface area (Å²) in [4.78, 5) is 4.27. The van der Waals surface area contributed by atoms with Gasteiger partial charge in [0, 0.05) is 25.2 Å². The second kappa shape index (κ2) is 5.51. The Labute approximate surface area is 107 Å². The molecule has 0 fully saturated rings. The van der Waals surface area contributed by atoms with Crippen molar-refractivity contribution >= 4 is 11.3 Å². The maximum Gasteiger partial charge on any atom is 0.201 e. The molecule has 0 aliphatic carbocycles.